The van der Waals surface area contributed by atoms with Crippen LogP contribution < -0.4 is 10.6 Å². The lowest BCUT2D eigenvalue weighted by Gasteiger charge is -2.14. The number of benzene rings is 2. The smallest absolute Gasteiger partial charge is 0.308 e. The molecule has 0 spiro atoms. The number of nitrogens with one attached hydrogen (secondary N) is 2. The number of amides is 2. The molecule has 5 heteroatoms. The molecule has 2 N–H and O–H groups in total. The minimum absolute atomic E-state index is 0.283. The molecule has 3 nitrogen and oxygen atoms in total. The first-order valence-electron chi connectivity index (χ1n) is 6.64. The molecule has 0 aliphatic heterocycles. The minimum atomic E-state index is -0.283. The van der Waals surface area contributed by atoms with Gasteiger partial charge in [0.2, 0.25) is 0 Å². The summed E-state index contributed by atoms with van der Waals surface area (Å²) in [6.07, 6.45) is 0. The van der Waals surface area contributed by atoms with Crippen LogP contribution in [0.1, 0.15) is 13.8 Å². The second-order valence-electron chi connectivity index (χ2n) is 4.73. The summed E-state index contributed by atoms with van der Waals surface area (Å²) in [6, 6.07) is 14.5. The molecule has 0 saturated heterocycles. The summed E-state index contributed by atoms with van der Waals surface area (Å²) in [5.74, 6) is 0. The maximum Gasteiger partial charge on any atom is 0.323 e. The number of rotatable bonds is 4. The largest absolute Gasteiger partial charge is 0.323 e. The molecule has 2 amide bonds. The molecule has 2 aromatic rings. The van der Waals surface area contributed by atoms with Gasteiger partial charge in [0.05, 0.1) is 10.7 Å². The molecule has 0 fully saturated rings. The zero-order chi connectivity index (χ0) is 15.2. The van der Waals surface area contributed by atoms with Gasteiger partial charge in [-0.1, -0.05) is 49.7 Å². The number of hydrogen-bond donors (Lipinski definition) is 2. The van der Waals surface area contributed by atoms with Gasteiger partial charge in [0.1, 0.15) is 0 Å². The zero-order valence-corrected chi connectivity index (χ0v) is 13.5. The highest BCUT2D eigenvalue weighted by Gasteiger charge is 2.12. The van der Waals surface area contributed by atoms with Crippen molar-refractivity contribution in [2.24, 2.45) is 0 Å². The Bertz CT molecular complexity index is 617. The van der Waals surface area contributed by atoms with Gasteiger partial charge < -0.3 is 10.6 Å². The summed E-state index contributed by atoms with van der Waals surface area (Å²) in [5, 5.41) is 6.66. The fourth-order valence-corrected chi connectivity index (χ4v) is 2.98. The average Bonchev–Trinajstić information content (AvgIpc) is 2.43. The Morgan fingerprint density at radius 2 is 1.76 bits per heavy atom. The van der Waals surface area contributed by atoms with E-state index in [2.05, 4.69) is 24.5 Å². The number of carbonyl (C=O) groups is 1. The van der Waals surface area contributed by atoms with Gasteiger partial charge in [0, 0.05) is 15.8 Å². The third-order valence-corrected chi connectivity index (χ3v) is 4.17. The van der Waals surface area contributed by atoms with Crippen molar-refractivity contribution >= 4 is 40.8 Å². The van der Waals surface area contributed by atoms with Crippen LogP contribution in [0.3, 0.4) is 0 Å². The Labute approximate surface area is 134 Å². The average molecular weight is 321 g/mol. The lowest BCUT2D eigenvalue weighted by Crippen LogP contribution is -2.19. The van der Waals surface area contributed by atoms with Crippen LogP contribution in [0.15, 0.2) is 53.4 Å². The lowest BCUT2D eigenvalue weighted by molar-refractivity contribution is 0.262. The molecular formula is C16H17ClN2OS. The first kappa shape index (κ1) is 15.7. The molecule has 0 heterocycles. The second kappa shape index (κ2) is 7.38. The highest BCUT2D eigenvalue weighted by atomic mass is 35.5. The van der Waals surface area contributed by atoms with Gasteiger partial charge >= 0.3 is 6.03 Å². The first-order chi connectivity index (χ1) is 10.1. The fraction of sp³-hybridized carbons (Fsp3) is 0.188. The molecule has 21 heavy (non-hydrogen) atoms. The van der Waals surface area contributed by atoms with E-state index in [0.29, 0.717) is 10.3 Å². The number of para-hydroxylation sites is 1. The maximum atomic E-state index is 12.1. The van der Waals surface area contributed by atoms with E-state index in [1.54, 1.807) is 11.8 Å². The van der Waals surface area contributed by atoms with E-state index < -0.39 is 0 Å². The van der Waals surface area contributed by atoms with Crippen molar-refractivity contribution in [2.45, 2.75) is 24.0 Å². The molecule has 2 rings (SSSR count). The van der Waals surface area contributed by atoms with Crippen LogP contribution >= 0.6 is 23.4 Å². The van der Waals surface area contributed by atoms with Crippen LogP contribution in [0.2, 0.25) is 5.02 Å². The number of hydrogen-bond acceptors (Lipinski definition) is 2. The van der Waals surface area contributed by atoms with Crippen molar-refractivity contribution < 1.29 is 4.79 Å². The molecule has 0 radical (unpaired) electrons. The summed E-state index contributed by atoms with van der Waals surface area (Å²) in [4.78, 5) is 12.9. The van der Waals surface area contributed by atoms with Crippen LogP contribution in [0, 0.1) is 0 Å². The Kier molecular flexibility index (Phi) is 5.53. The summed E-state index contributed by atoms with van der Waals surface area (Å²) in [5.41, 5.74) is 1.46. The number of urea groups is 1. The van der Waals surface area contributed by atoms with E-state index in [0.717, 1.165) is 16.3 Å². The van der Waals surface area contributed by atoms with E-state index in [1.165, 1.54) is 0 Å². The minimum Gasteiger partial charge on any atom is -0.308 e. The van der Waals surface area contributed by atoms with Gasteiger partial charge in [0.25, 0.3) is 0 Å². The van der Waals surface area contributed by atoms with Crippen molar-refractivity contribution in [3.05, 3.63) is 53.6 Å². The highest BCUT2D eigenvalue weighted by molar-refractivity contribution is 8.00. The normalized spacial score (nSPS) is 10.5. The first-order valence-corrected chi connectivity index (χ1v) is 7.90. The van der Waals surface area contributed by atoms with Gasteiger partial charge in [-0.3, -0.25) is 0 Å². The van der Waals surface area contributed by atoms with E-state index in [9.17, 15) is 4.79 Å². The molecule has 2 aromatic carbocycles. The summed E-state index contributed by atoms with van der Waals surface area (Å²) < 4.78 is 0. The van der Waals surface area contributed by atoms with Crippen molar-refractivity contribution in [3.8, 4) is 0 Å². The van der Waals surface area contributed by atoms with E-state index in [4.69, 9.17) is 11.6 Å². The van der Waals surface area contributed by atoms with Gasteiger partial charge in [-0.15, -0.1) is 11.8 Å². The molecule has 0 aliphatic rings. The second-order valence-corrected chi connectivity index (χ2v) is 6.72. The predicted octanol–water partition coefficient (Wildman–Crippen LogP) is 5.48. The summed E-state index contributed by atoms with van der Waals surface area (Å²) >= 11 is 7.85. The molecule has 0 bridgehead atoms. The van der Waals surface area contributed by atoms with Gasteiger partial charge in [0.15, 0.2) is 0 Å². The molecule has 0 unspecified atom stereocenters. The number of halogens is 1. The lowest BCUT2D eigenvalue weighted by atomic mass is 10.3. The van der Waals surface area contributed by atoms with Crippen molar-refractivity contribution in [3.63, 3.8) is 0 Å². The molecule has 0 aromatic heterocycles. The number of anilines is 2. The predicted molar refractivity (Wildman–Crippen MR) is 91.5 cm³/mol. The van der Waals surface area contributed by atoms with Crippen LogP contribution in [-0.4, -0.2) is 11.3 Å². The Hall–Kier alpha value is -1.65. The molecule has 0 atom stereocenters. The van der Waals surface area contributed by atoms with Crippen molar-refractivity contribution in [1.29, 1.82) is 0 Å². The van der Waals surface area contributed by atoms with E-state index in [-0.39, 0.29) is 6.03 Å². The van der Waals surface area contributed by atoms with E-state index >= 15 is 0 Å². The third kappa shape index (κ3) is 4.69. The monoisotopic (exact) mass is 320 g/mol. The zero-order valence-electron chi connectivity index (χ0n) is 11.9. The van der Waals surface area contributed by atoms with Crippen LogP contribution in [0.5, 0.6) is 0 Å². The SMILES string of the molecule is CC(C)Sc1c(Cl)cccc1NC(=O)Nc1ccccc1. The van der Waals surface area contributed by atoms with Crippen molar-refractivity contribution in [1.82, 2.24) is 0 Å². The molecule has 110 valence electrons. The van der Waals surface area contributed by atoms with Gasteiger partial charge in [-0.05, 0) is 24.3 Å². The topological polar surface area (TPSA) is 41.1 Å². The number of thioether (sulfide) groups is 1. The van der Waals surface area contributed by atoms with Crippen LogP contribution in [-0.2, 0) is 0 Å². The summed E-state index contributed by atoms with van der Waals surface area (Å²) in [6.45, 7) is 4.17. The van der Waals surface area contributed by atoms with Crippen LogP contribution in [0.4, 0.5) is 16.2 Å². The maximum absolute atomic E-state index is 12.1. The highest BCUT2D eigenvalue weighted by Crippen LogP contribution is 2.36. The van der Waals surface area contributed by atoms with Crippen LogP contribution in [0.25, 0.3) is 0 Å². The van der Waals surface area contributed by atoms with E-state index in [1.807, 2.05) is 48.5 Å². The van der Waals surface area contributed by atoms with Crippen molar-refractivity contribution in [2.75, 3.05) is 10.6 Å². The quantitative estimate of drug-likeness (QED) is 0.732. The summed E-state index contributed by atoms with van der Waals surface area (Å²) in [7, 11) is 0. The Morgan fingerprint density at radius 3 is 2.43 bits per heavy atom. The standard InChI is InChI=1S/C16H17ClN2OS/c1-11(2)21-15-13(17)9-6-10-14(15)19-16(20)18-12-7-4-3-5-8-12/h3-11H,1-2H3,(H2,18,19,20). The third-order valence-electron chi connectivity index (χ3n) is 2.60. The van der Waals surface area contributed by atoms with Gasteiger partial charge in [-0.2, -0.15) is 0 Å². The fourth-order valence-electron chi connectivity index (χ4n) is 1.77. The molecular weight excluding hydrogens is 304 g/mol. The molecule has 0 aliphatic carbocycles. The molecule has 0 saturated carbocycles. The Balaban J connectivity index is 2.12. The Morgan fingerprint density at radius 1 is 1.05 bits per heavy atom. The number of carbonyl (C=O) groups excluding carboxylic acids is 1. The van der Waals surface area contributed by atoms with Gasteiger partial charge in [-0.25, -0.2) is 4.79 Å².